The number of phenolic OH excluding ortho intramolecular Hbond substituents is 1. The van der Waals surface area contributed by atoms with Crippen LogP contribution in [0.15, 0.2) is 72.1 Å². The molecule has 44 heavy (non-hydrogen) atoms. The maximum Gasteiger partial charge on any atom is 0.254 e. The van der Waals surface area contributed by atoms with Gasteiger partial charge in [-0.3, -0.25) is 14.4 Å². The molecule has 1 aromatic heterocycles. The van der Waals surface area contributed by atoms with E-state index in [0.717, 1.165) is 21.2 Å². The van der Waals surface area contributed by atoms with Crippen LogP contribution in [0.3, 0.4) is 0 Å². The van der Waals surface area contributed by atoms with Gasteiger partial charge in [0, 0.05) is 32.1 Å². The number of carbonyl (C=O) groups excluding carboxylic acids is 3. The minimum absolute atomic E-state index is 0.0300. The number of thiophene rings is 1. The molecule has 230 valence electrons. The summed E-state index contributed by atoms with van der Waals surface area (Å²) in [5.74, 6) is -1.33. The first-order valence-electron chi connectivity index (χ1n) is 14.2. The second-order valence-corrected chi connectivity index (χ2v) is 14.3. The van der Waals surface area contributed by atoms with Crippen molar-refractivity contribution in [2.45, 2.75) is 56.7 Å². The molecule has 0 spiro atoms. The second kappa shape index (κ2) is 13.2. The first-order valence-corrected chi connectivity index (χ1v) is 16.4. The number of rotatable bonds is 9. The number of hydrogen-bond acceptors (Lipinski definition) is 7. The van der Waals surface area contributed by atoms with Gasteiger partial charge in [-0.1, -0.05) is 48.0 Å². The third-order valence-corrected chi connectivity index (χ3v) is 10.6. The summed E-state index contributed by atoms with van der Waals surface area (Å²) in [4.78, 5) is 42.3. The van der Waals surface area contributed by atoms with Crippen molar-refractivity contribution < 1.29 is 24.6 Å². The minimum Gasteiger partial charge on any atom is -0.508 e. The lowest BCUT2D eigenvalue weighted by Crippen LogP contribution is -2.58. The Hall–Kier alpha value is -3.57. The Balaban J connectivity index is 1.36. The Labute approximate surface area is 269 Å². The first-order chi connectivity index (χ1) is 21.0. The SMILES string of the molecule is Cc1c(O)cccc1C(=O)N[C@@H](Cc1ccccc1)[C@H](O)C(=O)N1CSC(C)(C)[C@H]1C(=O)NCc1csc2ccc(Cl)cc12. The Bertz CT molecular complexity index is 1690. The van der Waals surface area contributed by atoms with E-state index >= 15 is 0 Å². The van der Waals surface area contributed by atoms with Gasteiger partial charge in [-0.05, 0) is 79.4 Å². The zero-order valence-electron chi connectivity index (χ0n) is 24.5. The van der Waals surface area contributed by atoms with E-state index in [9.17, 15) is 24.6 Å². The number of amides is 3. The fourth-order valence-electron chi connectivity index (χ4n) is 5.45. The Morgan fingerprint density at radius 1 is 1.09 bits per heavy atom. The highest BCUT2D eigenvalue weighted by atomic mass is 35.5. The van der Waals surface area contributed by atoms with Crippen molar-refractivity contribution in [2.24, 2.45) is 0 Å². The molecule has 0 bridgehead atoms. The molecule has 3 amide bonds. The third-order valence-electron chi connectivity index (χ3n) is 7.94. The predicted molar refractivity (Wildman–Crippen MR) is 176 cm³/mol. The molecule has 1 saturated heterocycles. The fraction of sp³-hybridized carbons (Fsp3) is 0.303. The average Bonchev–Trinajstić information content (AvgIpc) is 3.55. The van der Waals surface area contributed by atoms with E-state index in [0.29, 0.717) is 10.6 Å². The summed E-state index contributed by atoms with van der Waals surface area (Å²) < 4.78 is 0.429. The highest BCUT2D eigenvalue weighted by Crippen LogP contribution is 2.40. The number of nitrogens with zero attached hydrogens (tertiary/aromatic N) is 1. The smallest absolute Gasteiger partial charge is 0.254 e. The zero-order valence-corrected chi connectivity index (χ0v) is 26.9. The number of benzene rings is 3. The van der Waals surface area contributed by atoms with Crippen LogP contribution in [0, 0.1) is 6.92 Å². The molecular weight excluding hydrogens is 618 g/mol. The van der Waals surface area contributed by atoms with Crippen molar-refractivity contribution in [3.8, 4) is 5.75 Å². The van der Waals surface area contributed by atoms with Crippen molar-refractivity contribution in [3.63, 3.8) is 0 Å². The second-order valence-electron chi connectivity index (χ2n) is 11.4. The number of thioether (sulfide) groups is 1. The molecule has 1 fully saturated rings. The van der Waals surface area contributed by atoms with E-state index in [-0.39, 0.29) is 36.1 Å². The monoisotopic (exact) mass is 651 g/mol. The molecule has 0 saturated carbocycles. The summed E-state index contributed by atoms with van der Waals surface area (Å²) in [5, 5.41) is 31.0. The van der Waals surface area contributed by atoms with E-state index in [1.807, 2.05) is 67.8 Å². The van der Waals surface area contributed by atoms with Crippen molar-refractivity contribution in [2.75, 3.05) is 5.88 Å². The molecule has 11 heteroatoms. The highest BCUT2D eigenvalue weighted by Gasteiger charge is 2.49. The quantitative estimate of drug-likeness (QED) is 0.196. The van der Waals surface area contributed by atoms with Crippen LogP contribution in [0.1, 0.15) is 40.9 Å². The van der Waals surface area contributed by atoms with Crippen LogP contribution in [0.5, 0.6) is 5.75 Å². The van der Waals surface area contributed by atoms with E-state index in [1.54, 1.807) is 30.4 Å². The lowest BCUT2D eigenvalue weighted by Gasteiger charge is -2.33. The topological polar surface area (TPSA) is 119 Å². The Kier molecular flexibility index (Phi) is 9.55. The molecule has 2 heterocycles. The number of aliphatic hydroxyl groups excluding tert-OH is 1. The number of aliphatic hydroxyl groups is 1. The van der Waals surface area contributed by atoms with Gasteiger partial charge in [0.25, 0.3) is 11.8 Å². The molecule has 4 aromatic rings. The number of aromatic hydroxyl groups is 1. The maximum absolute atomic E-state index is 13.9. The van der Waals surface area contributed by atoms with Gasteiger partial charge in [-0.2, -0.15) is 0 Å². The molecule has 3 aromatic carbocycles. The molecule has 5 rings (SSSR count). The summed E-state index contributed by atoms with van der Waals surface area (Å²) in [6.07, 6.45) is -1.46. The number of hydrogen-bond donors (Lipinski definition) is 4. The normalized spacial score (nSPS) is 17.3. The summed E-state index contributed by atoms with van der Waals surface area (Å²) in [6.45, 7) is 5.68. The fourth-order valence-corrected chi connectivity index (χ4v) is 7.71. The molecule has 0 radical (unpaired) electrons. The van der Waals surface area contributed by atoms with Gasteiger partial charge in [0.2, 0.25) is 5.91 Å². The molecule has 0 unspecified atom stereocenters. The third kappa shape index (κ3) is 6.73. The van der Waals surface area contributed by atoms with E-state index < -0.39 is 34.7 Å². The van der Waals surface area contributed by atoms with E-state index in [1.165, 1.54) is 22.7 Å². The summed E-state index contributed by atoms with van der Waals surface area (Å²) in [7, 11) is 0. The zero-order chi connectivity index (χ0) is 31.6. The standard InChI is InChI=1S/C33H34ClN3O5S2/c1-19-23(10-7-11-26(19)38)30(40)36-25(14-20-8-5-4-6-9-20)28(39)32(42)37-18-44-33(2,3)29(37)31(41)35-16-21-17-43-27-13-12-22(34)15-24(21)27/h4-13,15,17,25,28-29,38-39H,14,16,18H2,1-3H3,(H,35,41)(H,36,40)/t25-,28-,29+/m0/s1. The maximum atomic E-state index is 13.9. The number of phenols is 1. The van der Waals surface area contributed by atoms with Crippen molar-refractivity contribution in [1.82, 2.24) is 15.5 Å². The summed E-state index contributed by atoms with van der Waals surface area (Å²) >= 11 is 9.22. The lowest BCUT2D eigenvalue weighted by atomic mass is 9.96. The van der Waals surface area contributed by atoms with Gasteiger partial charge in [0.15, 0.2) is 6.10 Å². The van der Waals surface area contributed by atoms with Gasteiger partial charge in [0.05, 0.1) is 11.9 Å². The largest absolute Gasteiger partial charge is 0.508 e. The van der Waals surface area contributed by atoms with Crippen LogP contribution in [0.25, 0.3) is 10.1 Å². The molecule has 3 atom stereocenters. The number of fused-ring (bicyclic) bond motifs is 1. The number of carbonyl (C=O) groups is 3. The lowest BCUT2D eigenvalue weighted by molar-refractivity contribution is -0.147. The highest BCUT2D eigenvalue weighted by molar-refractivity contribution is 8.00. The van der Waals surface area contributed by atoms with Crippen molar-refractivity contribution >= 4 is 62.5 Å². The molecule has 0 aliphatic carbocycles. The average molecular weight is 652 g/mol. The summed E-state index contributed by atoms with van der Waals surface area (Å²) in [6, 6.07) is 17.6. The molecular formula is C33H34ClN3O5S2. The van der Waals surface area contributed by atoms with Crippen LogP contribution in [-0.2, 0) is 22.6 Å². The van der Waals surface area contributed by atoms with Crippen LogP contribution in [0.2, 0.25) is 5.02 Å². The van der Waals surface area contributed by atoms with Gasteiger partial charge in [-0.25, -0.2) is 0 Å². The van der Waals surface area contributed by atoms with E-state index in [4.69, 9.17) is 11.6 Å². The van der Waals surface area contributed by atoms with E-state index in [2.05, 4.69) is 10.6 Å². The number of nitrogens with one attached hydrogen (secondary N) is 2. The molecule has 1 aliphatic heterocycles. The summed E-state index contributed by atoms with van der Waals surface area (Å²) in [5.41, 5.74) is 2.36. The number of halogens is 1. The minimum atomic E-state index is -1.63. The Morgan fingerprint density at radius 2 is 1.84 bits per heavy atom. The predicted octanol–water partition coefficient (Wildman–Crippen LogP) is 5.27. The molecule has 1 aliphatic rings. The van der Waals surface area contributed by atoms with Gasteiger partial charge in [0.1, 0.15) is 11.8 Å². The molecule has 8 nitrogen and oxygen atoms in total. The van der Waals surface area contributed by atoms with Crippen LogP contribution >= 0.6 is 34.7 Å². The first kappa shape index (κ1) is 31.8. The molecule has 4 N–H and O–H groups in total. The van der Waals surface area contributed by atoms with Gasteiger partial charge < -0.3 is 25.7 Å². The Morgan fingerprint density at radius 3 is 2.59 bits per heavy atom. The van der Waals surface area contributed by atoms with Gasteiger partial charge >= 0.3 is 0 Å². The van der Waals surface area contributed by atoms with Crippen LogP contribution < -0.4 is 10.6 Å². The van der Waals surface area contributed by atoms with Crippen LogP contribution in [-0.4, -0.2) is 61.6 Å². The van der Waals surface area contributed by atoms with Gasteiger partial charge in [-0.15, -0.1) is 23.1 Å². The van der Waals surface area contributed by atoms with Crippen LogP contribution in [0.4, 0.5) is 0 Å². The van der Waals surface area contributed by atoms with Crippen molar-refractivity contribution in [3.05, 3.63) is 99.4 Å². The van der Waals surface area contributed by atoms with Crippen molar-refractivity contribution in [1.29, 1.82) is 0 Å².